The highest BCUT2D eigenvalue weighted by Gasteiger charge is 2.30. The Kier molecular flexibility index (Phi) is 5.15. The first kappa shape index (κ1) is 13.7. The number of amides is 1. The standard InChI is InChI=1S/C12H20N2O3/c1-3-5-13-11(15)8-14-6-4-10(12(16)17)7-9(14)2/h3,9-10H,1,4-8H2,2H3,(H,13,15)(H,16,17). The first-order chi connectivity index (χ1) is 8.04. The van der Waals surface area contributed by atoms with Crippen molar-refractivity contribution in [1.29, 1.82) is 0 Å². The number of carbonyl (C=O) groups is 2. The van der Waals surface area contributed by atoms with E-state index in [4.69, 9.17) is 5.11 Å². The molecule has 1 fully saturated rings. The second kappa shape index (κ2) is 6.39. The van der Waals surface area contributed by atoms with Gasteiger partial charge in [-0.15, -0.1) is 6.58 Å². The molecule has 5 nitrogen and oxygen atoms in total. The monoisotopic (exact) mass is 240 g/mol. The van der Waals surface area contributed by atoms with Gasteiger partial charge in [-0.2, -0.15) is 0 Å². The SMILES string of the molecule is C=CCNC(=O)CN1CCC(C(=O)O)CC1C. The Hall–Kier alpha value is -1.36. The number of likely N-dealkylation sites (tertiary alicyclic amines) is 1. The number of carbonyl (C=O) groups excluding carboxylic acids is 1. The van der Waals surface area contributed by atoms with Crippen LogP contribution in [0.4, 0.5) is 0 Å². The minimum atomic E-state index is -0.729. The van der Waals surface area contributed by atoms with Crippen LogP contribution in [0.5, 0.6) is 0 Å². The molecule has 0 aromatic heterocycles. The highest BCUT2D eigenvalue weighted by atomic mass is 16.4. The molecule has 96 valence electrons. The van der Waals surface area contributed by atoms with Gasteiger partial charge in [0, 0.05) is 12.6 Å². The van der Waals surface area contributed by atoms with Crippen molar-refractivity contribution in [2.45, 2.75) is 25.8 Å². The van der Waals surface area contributed by atoms with Crippen molar-refractivity contribution >= 4 is 11.9 Å². The molecule has 0 radical (unpaired) electrons. The summed E-state index contributed by atoms with van der Waals surface area (Å²) < 4.78 is 0. The fraction of sp³-hybridized carbons (Fsp3) is 0.667. The number of nitrogens with one attached hydrogen (secondary N) is 1. The second-order valence-electron chi connectivity index (χ2n) is 4.47. The smallest absolute Gasteiger partial charge is 0.306 e. The molecule has 0 aromatic carbocycles. The Labute approximate surface area is 101 Å². The first-order valence-electron chi connectivity index (χ1n) is 5.89. The summed E-state index contributed by atoms with van der Waals surface area (Å²) in [5, 5.41) is 11.7. The number of nitrogens with zero attached hydrogens (tertiary/aromatic N) is 1. The maximum absolute atomic E-state index is 11.5. The van der Waals surface area contributed by atoms with E-state index in [0.29, 0.717) is 32.5 Å². The fourth-order valence-corrected chi connectivity index (χ4v) is 2.11. The Morgan fingerprint density at radius 3 is 2.82 bits per heavy atom. The van der Waals surface area contributed by atoms with Crippen LogP contribution in [0.2, 0.25) is 0 Å². The molecule has 2 N–H and O–H groups in total. The maximum atomic E-state index is 11.5. The van der Waals surface area contributed by atoms with E-state index < -0.39 is 5.97 Å². The second-order valence-corrected chi connectivity index (χ2v) is 4.47. The Bertz CT molecular complexity index is 304. The molecular formula is C12H20N2O3. The fourth-order valence-electron chi connectivity index (χ4n) is 2.11. The van der Waals surface area contributed by atoms with Gasteiger partial charge in [-0.25, -0.2) is 0 Å². The largest absolute Gasteiger partial charge is 0.481 e. The summed E-state index contributed by atoms with van der Waals surface area (Å²) in [5.74, 6) is -1.03. The molecule has 2 atom stereocenters. The molecule has 17 heavy (non-hydrogen) atoms. The Morgan fingerprint density at radius 1 is 1.59 bits per heavy atom. The van der Waals surface area contributed by atoms with Gasteiger partial charge in [-0.05, 0) is 26.3 Å². The molecule has 1 aliphatic rings. The zero-order chi connectivity index (χ0) is 12.8. The lowest BCUT2D eigenvalue weighted by atomic mass is 9.92. The summed E-state index contributed by atoms with van der Waals surface area (Å²) >= 11 is 0. The van der Waals surface area contributed by atoms with Crippen molar-refractivity contribution in [3.63, 3.8) is 0 Å². The van der Waals surface area contributed by atoms with Gasteiger partial charge in [-0.1, -0.05) is 6.08 Å². The van der Waals surface area contributed by atoms with Crippen LogP contribution in [0.3, 0.4) is 0 Å². The first-order valence-corrected chi connectivity index (χ1v) is 5.89. The zero-order valence-corrected chi connectivity index (χ0v) is 10.2. The van der Waals surface area contributed by atoms with Crippen LogP contribution >= 0.6 is 0 Å². The van der Waals surface area contributed by atoms with Crippen molar-refractivity contribution < 1.29 is 14.7 Å². The van der Waals surface area contributed by atoms with Crippen molar-refractivity contribution in [2.24, 2.45) is 5.92 Å². The van der Waals surface area contributed by atoms with E-state index in [9.17, 15) is 9.59 Å². The molecule has 0 bridgehead atoms. The number of hydrogen-bond acceptors (Lipinski definition) is 3. The van der Waals surface area contributed by atoms with Crippen LogP contribution in [0.1, 0.15) is 19.8 Å². The topological polar surface area (TPSA) is 69.6 Å². The average Bonchev–Trinajstić information content (AvgIpc) is 2.28. The molecule has 1 aliphatic heterocycles. The third-order valence-corrected chi connectivity index (χ3v) is 3.15. The summed E-state index contributed by atoms with van der Waals surface area (Å²) in [7, 11) is 0. The third kappa shape index (κ3) is 4.19. The summed E-state index contributed by atoms with van der Waals surface area (Å²) in [6.45, 7) is 6.97. The quantitative estimate of drug-likeness (QED) is 0.686. The third-order valence-electron chi connectivity index (χ3n) is 3.15. The van der Waals surface area contributed by atoms with E-state index in [2.05, 4.69) is 11.9 Å². The molecule has 1 rings (SSSR count). The highest BCUT2D eigenvalue weighted by molar-refractivity contribution is 5.78. The lowest BCUT2D eigenvalue weighted by Crippen LogP contribution is -2.47. The molecule has 0 saturated carbocycles. The van der Waals surface area contributed by atoms with Crippen molar-refractivity contribution in [2.75, 3.05) is 19.6 Å². The predicted molar refractivity (Wildman–Crippen MR) is 64.6 cm³/mol. The van der Waals surface area contributed by atoms with E-state index in [1.807, 2.05) is 11.8 Å². The van der Waals surface area contributed by atoms with Crippen molar-refractivity contribution in [1.82, 2.24) is 10.2 Å². The molecule has 5 heteroatoms. The lowest BCUT2D eigenvalue weighted by Gasteiger charge is -2.35. The van der Waals surface area contributed by atoms with Crippen LogP contribution in [-0.4, -0.2) is 47.6 Å². The molecule has 1 saturated heterocycles. The minimum absolute atomic E-state index is 0.0366. The molecule has 2 unspecified atom stereocenters. The number of piperidine rings is 1. The number of hydrogen-bond donors (Lipinski definition) is 2. The normalized spacial score (nSPS) is 25.2. The van der Waals surface area contributed by atoms with E-state index in [1.54, 1.807) is 6.08 Å². The summed E-state index contributed by atoms with van der Waals surface area (Å²) in [6.07, 6.45) is 2.87. The number of carboxylic acids is 1. The van der Waals surface area contributed by atoms with Gasteiger partial charge in [0.1, 0.15) is 0 Å². The molecular weight excluding hydrogens is 220 g/mol. The minimum Gasteiger partial charge on any atom is -0.481 e. The van der Waals surface area contributed by atoms with Crippen LogP contribution in [0, 0.1) is 5.92 Å². The molecule has 0 aliphatic carbocycles. The van der Waals surface area contributed by atoms with Crippen molar-refractivity contribution in [3.05, 3.63) is 12.7 Å². The van der Waals surface area contributed by atoms with Gasteiger partial charge in [0.25, 0.3) is 0 Å². The zero-order valence-electron chi connectivity index (χ0n) is 10.2. The number of carboxylic acid groups (broad SMARTS) is 1. The molecule has 0 aromatic rings. The number of rotatable bonds is 5. The van der Waals surface area contributed by atoms with E-state index >= 15 is 0 Å². The number of aliphatic carboxylic acids is 1. The van der Waals surface area contributed by atoms with Gasteiger partial charge in [0.2, 0.25) is 5.91 Å². The van der Waals surface area contributed by atoms with Gasteiger partial charge in [-0.3, -0.25) is 14.5 Å². The van der Waals surface area contributed by atoms with Crippen molar-refractivity contribution in [3.8, 4) is 0 Å². The lowest BCUT2D eigenvalue weighted by molar-refractivity contribution is -0.144. The Morgan fingerprint density at radius 2 is 2.29 bits per heavy atom. The van der Waals surface area contributed by atoms with Crippen LogP contribution in [0.25, 0.3) is 0 Å². The predicted octanol–water partition coefficient (Wildman–Crippen LogP) is 0.474. The Balaban J connectivity index is 2.39. The summed E-state index contributed by atoms with van der Waals surface area (Å²) in [6, 6.07) is 0.138. The molecule has 0 spiro atoms. The maximum Gasteiger partial charge on any atom is 0.306 e. The van der Waals surface area contributed by atoms with E-state index in [1.165, 1.54) is 0 Å². The summed E-state index contributed by atoms with van der Waals surface area (Å²) in [5.41, 5.74) is 0. The van der Waals surface area contributed by atoms with E-state index in [0.717, 1.165) is 0 Å². The average molecular weight is 240 g/mol. The van der Waals surface area contributed by atoms with Gasteiger partial charge in [0.05, 0.1) is 12.5 Å². The van der Waals surface area contributed by atoms with E-state index in [-0.39, 0.29) is 17.9 Å². The molecule has 1 heterocycles. The van der Waals surface area contributed by atoms with Crippen LogP contribution in [-0.2, 0) is 9.59 Å². The summed E-state index contributed by atoms with van der Waals surface area (Å²) in [4.78, 5) is 24.4. The van der Waals surface area contributed by atoms with Gasteiger partial charge in [0.15, 0.2) is 0 Å². The van der Waals surface area contributed by atoms with Crippen LogP contribution < -0.4 is 5.32 Å². The molecule has 1 amide bonds. The highest BCUT2D eigenvalue weighted by Crippen LogP contribution is 2.22. The van der Waals surface area contributed by atoms with Gasteiger partial charge >= 0.3 is 5.97 Å². The van der Waals surface area contributed by atoms with Gasteiger partial charge < -0.3 is 10.4 Å². The van der Waals surface area contributed by atoms with Crippen LogP contribution in [0.15, 0.2) is 12.7 Å².